The maximum absolute atomic E-state index is 12.7. The number of hydrogen-bond acceptors (Lipinski definition) is 4. The van der Waals surface area contributed by atoms with Crippen molar-refractivity contribution in [3.05, 3.63) is 59.0 Å². The number of amides is 2. The third kappa shape index (κ3) is 4.42. The van der Waals surface area contributed by atoms with Crippen LogP contribution in [0.2, 0.25) is 0 Å². The number of hydrogen-bond donors (Lipinski definition) is 1. The lowest BCUT2D eigenvalue weighted by Crippen LogP contribution is -2.34. The summed E-state index contributed by atoms with van der Waals surface area (Å²) in [7, 11) is 1.64. The summed E-state index contributed by atoms with van der Waals surface area (Å²) >= 11 is 0. The zero-order valence-corrected chi connectivity index (χ0v) is 16.1. The Morgan fingerprint density at radius 2 is 2.00 bits per heavy atom. The highest BCUT2D eigenvalue weighted by Gasteiger charge is 2.35. The molecule has 0 spiro atoms. The van der Waals surface area contributed by atoms with Gasteiger partial charge in [0.25, 0.3) is 0 Å². The van der Waals surface area contributed by atoms with Gasteiger partial charge in [0, 0.05) is 26.6 Å². The van der Waals surface area contributed by atoms with E-state index in [-0.39, 0.29) is 36.3 Å². The molecule has 2 amide bonds. The second-order valence-corrected chi connectivity index (χ2v) is 7.16. The summed E-state index contributed by atoms with van der Waals surface area (Å²) in [5, 5.41) is 9.10. The lowest BCUT2D eigenvalue weighted by atomic mass is 10.1. The average molecular weight is 384 g/mol. The molecular weight excluding hydrogens is 360 g/mol. The zero-order chi connectivity index (χ0) is 20.3. The van der Waals surface area contributed by atoms with Crippen LogP contribution < -0.4 is 0 Å². The Morgan fingerprint density at radius 3 is 2.64 bits per heavy atom. The lowest BCUT2D eigenvalue weighted by molar-refractivity contribution is -0.135. The molecule has 3 rings (SSSR count). The number of benzene rings is 1. The van der Waals surface area contributed by atoms with Crippen LogP contribution in [0.5, 0.6) is 0 Å². The molecule has 7 nitrogen and oxygen atoms in total. The third-order valence-corrected chi connectivity index (χ3v) is 5.05. The molecule has 0 saturated carbocycles. The number of carboxylic acid groups (broad SMARTS) is 1. The van der Waals surface area contributed by atoms with Gasteiger partial charge in [0.05, 0.1) is 12.5 Å². The number of rotatable bonds is 7. The molecule has 148 valence electrons. The number of carbonyl (C=O) groups excluding carboxylic acids is 2. The molecule has 1 aliphatic heterocycles. The topological polar surface area (TPSA) is 91.1 Å². The average Bonchev–Trinajstić information content (AvgIpc) is 3.22. The van der Waals surface area contributed by atoms with Crippen molar-refractivity contribution in [2.45, 2.75) is 26.3 Å². The van der Waals surface area contributed by atoms with Crippen LogP contribution in [0.15, 0.2) is 40.8 Å². The molecule has 1 aliphatic rings. The summed E-state index contributed by atoms with van der Waals surface area (Å²) in [4.78, 5) is 39.4. The fourth-order valence-electron chi connectivity index (χ4n) is 3.52. The highest BCUT2D eigenvalue weighted by atomic mass is 16.4. The molecule has 0 bridgehead atoms. The van der Waals surface area contributed by atoms with Crippen molar-refractivity contribution in [1.82, 2.24) is 9.80 Å². The van der Waals surface area contributed by atoms with Gasteiger partial charge < -0.3 is 19.3 Å². The summed E-state index contributed by atoms with van der Waals surface area (Å²) in [6, 6.07) is 11.4. The van der Waals surface area contributed by atoms with Gasteiger partial charge in [-0.25, -0.2) is 4.79 Å². The van der Waals surface area contributed by atoms with Crippen LogP contribution >= 0.6 is 0 Å². The second kappa shape index (κ2) is 8.29. The second-order valence-electron chi connectivity index (χ2n) is 7.16. The largest absolute Gasteiger partial charge is 0.478 e. The van der Waals surface area contributed by atoms with E-state index < -0.39 is 5.97 Å². The van der Waals surface area contributed by atoms with Crippen LogP contribution in [0, 0.1) is 12.8 Å². The fourth-order valence-corrected chi connectivity index (χ4v) is 3.52. The highest BCUT2D eigenvalue weighted by Crippen LogP contribution is 2.22. The van der Waals surface area contributed by atoms with Gasteiger partial charge in [-0.05, 0) is 25.0 Å². The molecule has 2 heterocycles. The molecule has 2 aromatic rings. The molecule has 7 heteroatoms. The Labute approximate surface area is 163 Å². The molecule has 1 unspecified atom stereocenters. The Balaban J connectivity index is 1.56. The number of likely N-dealkylation sites (tertiary alicyclic amines) is 1. The van der Waals surface area contributed by atoms with Gasteiger partial charge in [-0.3, -0.25) is 9.59 Å². The predicted octanol–water partition coefficient (Wildman–Crippen LogP) is 2.34. The van der Waals surface area contributed by atoms with Crippen molar-refractivity contribution >= 4 is 17.8 Å². The maximum Gasteiger partial charge on any atom is 0.339 e. The van der Waals surface area contributed by atoms with E-state index in [4.69, 9.17) is 9.52 Å². The molecule has 1 saturated heterocycles. The van der Waals surface area contributed by atoms with E-state index in [9.17, 15) is 14.4 Å². The first-order chi connectivity index (χ1) is 13.3. The van der Waals surface area contributed by atoms with Crippen molar-refractivity contribution in [2.75, 3.05) is 20.1 Å². The van der Waals surface area contributed by atoms with Crippen molar-refractivity contribution in [3.8, 4) is 0 Å². The van der Waals surface area contributed by atoms with Gasteiger partial charge in [0.2, 0.25) is 11.8 Å². The van der Waals surface area contributed by atoms with Gasteiger partial charge in [-0.1, -0.05) is 30.3 Å². The summed E-state index contributed by atoms with van der Waals surface area (Å²) in [6.45, 7) is 2.75. The van der Waals surface area contributed by atoms with Gasteiger partial charge in [0.15, 0.2) is 0 Å². The maximum atomic E-state index is 12.7. The van der Waals surface area contributed by atoms with Gasteiger partial charge in [0.1, 0.15) is 17.1 Å². The van der Waals surface area contributed by atoms with Crippen LogP contribution in [-0.4, -0.2) is 52.8 Å². The van der Waals surface area contributed by atoms with Crippen LogP contribution in [0.4, 0.5) is 0 Å². The van der Waals surface area contributed by atoms with E-state index in [1.807, 2.05) is 30.3 Å². The van der Waals surface area contributed by atoms with Crippen molar-refractivity contribution in [1.29, 1.82) is 0 Å². The van der Waals surface area contributed by atoms with E-state index in [0.29, 0.717) is 24.6 Å². The zero-order valence-electron chi connectivity index (χ0n) is 16.1. The first-order valence-corrected chi connectivity index (χ1v) is 9.24. The summed E-state index contributed by atoms with van der Waals surface area (Å²) in [6.07, 6.45) is 0.961. The highest BCUT2D eigenvalue weighted by molar-refractivity contribution is 5.90. The minimum Gasteiger partial charge on any atom is -0.478 e. The van der Waals surface area contributed by atoms with E-state index in [1.165, 1.54) is 11.0 Å². The summed E-state index contributed by atoms with van der Waals surface area (Å²) in [5.74, 6) is -0.867. The van der Waals surface area contributed by atoms with E-state index in [0.717, 1.165) is 12.0 Å². The molecule has 1 fully saturated rings. The molecule has 1 N–H and O–H groups in total. The summed E-state index contributed by atoms with van der Waals surface area (Å²) < 4.78 is 5.44. The van der Waals surface area contributed by atoms with Crippen molar-refractivity contribution < 1.29 is 23.9 Å². The number of carboxylic acids is 1. The van der Waals surface area contributed by atoms with E-state index >= 15 is 0 Å². The van der Waals surface area contributed by atoms with E-state index in [2.05, 4.69) is 0 Å². The Bertz CT molecular complexity index is 874. The van der Waals surface area contributed by atoms with Gasteiger partial charge in [-0.2, -0.15) is 0 Å². The number of aryl methyl sites for hydroxylation is 1. The predicted molar refractivity (Wildman–Crippen MR) is 102 cm³/mol. The van der Waals surface area contributed by atoms with Crippen molar-refractivity contribution in [3.63, 3.8) is 0 Å². The quantitative estimate of drug-likeness (QED) is 0.791. The number of aromatic carboxylic acids is 1. The van der Waals surface area contributed by atoms with Crippen LogP contribution in [0.3, 0.4) is 0 Å². The normalized spacial score (nSPS) is 16.4. The van der Waals surface area contributed by atoms with Gasteiger partial charge >= 0.3 is 5.97 Å². The Kier molecular flexibility index (Phi) is 5.82. The smallest absolute Gasteiger partial charge is 0.339 e. The molecule has 0 aliphatic carbocycles. The Morgan fingerprint density at radius 1 is 1.29 bits per heavy atom. The lowest BCUT2D eigenvalue weighted by Gasteiger charge is -2.20. The fraction of sp³-hybridized carbons (Fsp3) is 0.381. The molecule has 28 heavy (non-hydrogen) atoms. The number of nitrogens with zero attached hydrogens (tertiary/aromatic N) is 2. The number of carbonyl (C=O) groups is 3. The molecule has 1 aromatic heterocycles. The standard InChI is InChI=1S/C21H24N2O5/c1-14-18(21(26)27)11-17(28-14)13-22(2)20(25)16-10-19(24)23(12-16)9-8-15-6-4-3-5-7-15/h3-7,11,16H,8-10,12-13H2,1-2H3,(H,26,27). The molecular formula is C21H24N2O5. The van der Waals surface area contributed by atoms with Crippen molar-refractivity contribution in [2.24, 2.45) is 5.92 Å². The minimum absolute atomic E-state index is 0.00955. The van der Waals surface area contributed by atoms with Gasteiger partial charge in [-0.15, -0.1) is 0 Å². The van der Waals surface area contributed by atoms with Crippen LogP contribution in [0.1, 0.15) is 33.9 Å². The minimum atomic E-state index is -1.06. The monoisotopic (exact) mass is 384 g/mol. The molecule has 1 aromatic carbocycles. The molecule has 0 radical (unpaired) electrons. The number of furan rings is 1. The third-order valence-electron chi connectivity index (χ3n) is 5.05. The SMILES string of the molecule is Cc1oc(CN(C)C(=O)C2CC(=O)N(CCc3ccccc3)C2)cc1C(=O)O. The van der Waals surface area contributed by atoms with Crippen LogP contribution in [0.25, 0.3) is 0 Å². The summed E-state index contributed by atoms with van der Waals surface area (Å²) in [5.41, 5.74) is 1.25. The molecule has 1 atom stereocenters. The first kappa shape index (κ1) is 19.7. The van der Waals surface area contributed by atoms with E-state index in [1.54, 1.807) is 18.9 Å². The van der Waals surface area contributed by atoms with Crippen LogP contribution in [-0.2, 0) is 22.6 Å². The first-order valence-electron chi connectivity index (χ1n) is 9.24. The Hall–Kier alpha value is -3.09.